The number of halogens is 1. The fourth-order valence-electron chi connectivity index (χ4n) is 0.415. The Hall–Kier alpha value is -1.04. The monoisotopic (exact) mass is 185 g/mol. The normalized spacial score (nSPS) is 6.25. The van der Waals surface area contributed by atoms with Crippen molar-refractivity contribution < 1.29 is 5.11 Å². The topological polar surface area (TPSA) is 44.0 Å². The third-order valence-electron chi connectivity index (χ3n) is 0.733. The second kappa shape index (κ2) is 12.6. The number of hydrogen-bond donors (Lipinski definition) is 1. The molecule has 0 spiro atoms. The van der Waals surface area contributed by atoms with Gasteiger partial charge in [0.15, 0.2) is 0 Å². The summed E-state index contributed by atoms with van der Waals surface area (Å²) in [6.45, 7) is 1.43. The largest absolute Gasteiger partial charge is 0.400 e. The van der Waals surface area contributed by atoms with Gasteiger partial charge >= 0.3 is 0 Å². The van der Waals surface area contributed by atoms with Crippen molar-refractivity contribution in [2.75, 3.05) is 7.11 Å². The zero-order valence-corrected chi connectivity index (χ0v) is 7.92. The van der Waals surface area contributed by atoms with Crippen LogP contribution in [0.2, 0.25) is 5.02 Å². The highest BCUT2D eigenvalue weighted by Gasteiger charge is 1.74. The van der Waals surface area contributed by atoms with Gasteiger partial charge in [0.25, 0.3) is 0 Å². The molecule has 0 saturated carbocycles. The van der Waals surface area contributed by atoms with Crippen molar-refractivity contribution in [3.63, 3.8) is 0 Å². The van der Waals surface area contributed by atoms with E-state index in [1.807, 2.05) is 30.3 Å². The molecule has 1 aromatic rings. The third-order valence-corrected chi connectivity index (χ3v) is 0.985. The number of hydrogen-bond acceptors (Lipinski definition) is 2. The van der Waals surface area contributed by atoms with Crippen LogP contribution in [0.15, 0.2) is 30.3 Å². The molecule has 0 amide bonds. The van der Waals surface area contributed by atoms with Crippen LogP contribution >= 0.6 is 11.6 Å². The van der Waals surface area contributed by atoms with Gasteiger partial charge in [0.2, 0.25) is 0 Å². The highest BCUT2D eigenvalue weighted by molar-refractivity contribution is 6.30. The van der Waals surface area contributed by atoms with E-state index in [0.29, 0.717) is 0 Å². The molecule has 1 aromatic carbocycles. The number of nitriles is 1. The Bertz CT molecular complexity index is 206. The summed E-state index contributed by atoms with van der Waals surface area (Å²) in [6.07, 6.45) is 0. The lowest BCUT2D eigenvalue weighted by Crippen LogP contribution is -1.55. The van der Waals surface area contributed by atoms with Gasteiger partial charge in [-0.05, 0) is 12.1 Å². The van der Waals surface area contributed by atoms with Gasteiger partial charge in [-0.25, -0.2) is 0 Å². The highest BCUT2D eigenvalue weighted by atomic mass is 35.5. The maximum Gasteiger partial charge on any atom is 0.0587 e. The first-order chi connectivity index (χ1) is 5.81. The summed E-state index contributed by atoms with van der Waals surface area (Å²) < 4.78 is 0. The quantitative estimate of drug-likeness (QED) is 0.675. The van der Waals surface area contributed by atoms with E-state index in [2.05, 4.69) is 0 Å². The summed E-state index contributed by atoms with van der Waals surface area (Å²) in [5.41, 5.74) is 0. The molecule has 0 atom stereocenters. The molecule has 0 heterocycles. The molecule has 1 rings (SSSR count). The number of rotatable bonds is 0. The van der Waals surface area contributed by atoms with E-state index >= 15 is 0 Å². The summed E-state index contributed by atoms with van der Waals surface area (Å²) >= 11 is 5.54. The molecule has 1 N–H and O–H groups in total. The van der Waals surface area contributed by atoms with Gasteiger partial charge in [0, 0.05) is 19.1 Å². The minimum absolute atomic E-state index is 0.794. The fraction of sp³-hybridized carbons (Fsp3) is 0.222. The van der Waals surface area contributed by atoms with E-state index < -0.39 is 0 Å². The number of aliphatic hydroxyl groups excluding tert-OH is 1. The average molecular weight is 186 g/mol. The first kappa shape index (κ1) is 13.5. The molecule has 0 aliphatic heterocycles. The van der Waals surface area contributed by atoms with Crippen LogP contribution in [0.4, 0.5) is 0 Å². The van der Waals surface area contributed by atoms with Gasteiger partial charge in [0.1, 0.15) is 0 Å². The van der Waals surface area contributed by atoms with Crippen LogP contribution < -0.4 is 0 Å². The van der Waals surface area contributed by atoms with E-state index in [1.165, 1.54) is 6.92 Å². The zero-order valence-electron chi connectivity index (χ0n) is 7.16. The Morgan fingerprint density at radius 3 is 1.75 bits per heavy atom. The van der Waals surface area contributed by atoms with Gasteiger partial charge in [0.05, 0.1) is 6.07 Å². The van der Waals surface area contributed by atoms with Gasteiger partial charge in [-0.2, -0.15) is 5.26 Å². The molecule has 0 aliphatic carbocycles. The van der Waals surface area contributed by atoms with Crippen LogP contribution in [0.25, 0.3) is 0 Å². The molecule has 0 aromatic heterocycles. The molecule has 12 heavy (non-hydrogen) atoms. The average Bonchev–Trinajstić information content (AvgIpc) is 2.11. The van der Waals surface area contributed by atoms with Crippen molar-refractivity contribution in [3.05, 3.63) is 35.4 Å². The van der Waals surface area contributed by atoms with Crippen molar-refractivity contribution in [2.45, 2.75) is 6.92 Å². The summed E-state index contributed by atoms with van der Waals surface area (Å²) in [6, 6.07) is 11.2. The van der Waals surface area contributed by atoms with Crippen LogP contribution in [-0.4, -0.2) is 12.2 Å². The Morgan fingerprint density at radius 1 is 1.25 bits per heavy atom. The fourth-order valence-corrected chi connectivity index (χ4v) is 0.560. The maximum absolute atomic E-state index is 7.32. The zero-order chi connectivity index (χ0) is 9.82. The molecule has 0 radical (unpaired) electrons. The molecule has 0 fully saturated rings. The molecule has 0 bridgehead atoms. The summed E-state index contributed by atoms with van der Waals surface area (Å²) in [5.74, 6) is 0. The molecule has 66 valence electrons. The van der Waals surface area contributed by atoms with E-state index in [1.54, 1.807) is 6.07 Å². The van der Waals surface area contributed by atoms with Crippen LogP contribution in [0.3, 0.4) is 0 Å². The van der Waals surface area contributed by atoms with E-state index in [4.69, 9.17) is 22.0 Å². The predicted octanol–water partition coefficient (Wildman–Crippen LogP) is 2.48. The number of benzene rings is 1. The Kier molecular flexibility index (Phi) is 14.2. The SMILES string of the molecule is CC#N.CO.Clc1ccccc1. The van der Waals surface area contributed by atoms with E-state index in [-0.39, 0.29) is 0 Å². The smallest absolute Gasteiger partial charge is 0.0587 e. The Labute approximate surface area is 78.0 Å². The summed E-state index contributed by atoms with van der Waals surface area (Å²) in [4.78, 5) is 0. The molecule has 0 saturated heterocycles. The van der Waals surface area contributed by atoms with Crippen molar-refractivity contribution in [2.24, 2.45) is 0 Å². The van der Waals surface area contributed by atoms with Gasteiger partial charge in [-0.3, -0.25) is 0 Å². The molecule has 0 unspecified atom stereocenters. The van der Waals surface area contributed by atoms with Crippen LogP contribution in [0, 0.1) is 11.3 Å². The Balaban J connectivity index is 0. The molecule has 0 aliphatic rings. The lowest BCUT2D eigenvalue weighted by Gasteiger charge is -1.80. The summed E-state index contributed by atoms with van der Waals surface area (Å²) in [5, 5.41) is 15.1. The van der Waals surface area contributed by atoms with Crippen molar-refractivity contribution in [3.8, 4) is 6.07 Å². The second-order valence-electron chi connectivity index (χ2n) is 1.52. The molecule has 2 nitrogen and oxygen atoms in total. The third kappa shape index (κ3) is 11.7. The van der Waals surface area contributed by atoms with Gasteiger partial charge in [-0.1, -0.05) is 29.8 Å². The minimum Gasteiger partial charge on any atom is -0.400 e. The van der Waals surface area contributed by atoms with Crippen molar-refractivity contribution in [1.29, 1.82) is 5.26 Å². The van der Waals surface area contributed by atoms with E-state index in [9.17, 15) is 0 Å². The molecular weight excluding hydrogens is 174 g/mol. The lowest BCUT2D eigenvalue weighted by molar-refractivity contribution is 0.399. The standard InChI is InChI=1S/C6H5Cl.C2H3N.CH4O/c7-6-4-2-1-3-5-6;1-2-3;1-2/h1-5H;1H3;2H,1H3. The van der Waals surface area contributed by atoms with Crippen LogP contribution in [0.5, 0.6) is 0 Å². The number of nitrogens with zero attached hydrogens (tertiary/aromatic N) is 1. The lowest BCUT2D eigenvalue weighted by atomic mass is 10.4. The second-order valence-corrected chi connectivity index (χ2v) is 1.96. The van der Waals surface area contributed by atoms with Gasteiger partial charge in [-0.15, -0.1) is 0 Å². The molecular formula is C9H12ClNO. The van der Waals surface area contributed by atoms with Crippen LogP contribution in [-0.2, 0) is 0 Å². The minimum atomic E-state index is 0.794. The first-order valence-electron chi connectivity index (χ1n) is 3.27. The van der Waals surface area contributed by atoms with Crippen molar-refractivity contribution >= 4 is 11.6 Å². The predicted molar refractivity (Wildman–Crippen MR) is 50.9 cm³/mol. The van der Waals surface area contributed by atoms with Gasteiger partial charge < -0.3 is 5.11 Å². The summed E-state index contributed by atoms with van der Waals surface area (Å²) in [7, 11) is 1.00. The van der Waals surface area contributed by atoms with Crippen molar-refractivity contribution in [1.82, 2.24) is 0 Å². The van der Waals surface area contributed by atoms with Crippen LogP contribution in [0.1, 0.15) is 6.92 Å². The van der Waals surface area contributed by atoms with E-state index in [0.717, 1.165) is 12.1 Å². The number of aliphatic hydroxyl groups is 1. The Morgan fingerprint density at radius 2 is 1.58 bits per heavy atom. The maximum atomic E-state index is 7.32. The highest BCUT2D eigenvalue weighted by Crippen LogP contribution is 2.03. The molecule has 3 heteroatoms. The first-order valence-corrected chi connectivity index (χ1v) is 3.65.